The summed E-state index contributed by atoms with van der Waals surface area (Å²) in [6.45, 7) is 3.98. The third-order valence-electron chi connectivity index (χ3n) is 2.78. The number of aromatic nitrogens is 3. The van der Waals surface area contributed by atoms with E-state index in [1.54, 1.807) is 6.33 Å². The fourth-order valence-corrected chi connectivity index (χ4v) is 1.94. The highest BCUT2D eigenvalue weighted by Gasteiger charge is 2.27. The van der Waals surface area contributed by atoms with E-state index >= 15 is 0 Å². The fraction of sp³-hybridized carbons (Fsp3) is 0.667. The summed E-state index contributed by atoms with van der Waals surface area (Å²) >= 11 is 0. The summed E-state index contributed by atoms with van der Waals surface area (Å²) in [5.41, 5.74) is 0. The van der Waals surface area contributed by atoms with Crippen LogP contribution in [-0.4, -0.2) is 43.3 Å². The molecule has 0 aromatic carbocycles. The summed E-state index contributed by atoms with van der Waals surface area (Å²) < 4.78 is 1.96. The molecule has 1 aliphatic heterocycles. The molecule has 1 N–H and O–H groups in total. The molecular weight excluding hydrogens is 196 g/mol. The molecule has 0 radical (unpaired) electrons. The topological polar surface area (TPSA) is 71.2 Å². The van der Waals surface area contributed by atoms with Gasteiger partial charge < -0.3 is 9.67 Å². The molecule has 1 aromatic rings. The van der Waals surface area contributed by atoms with E-state index in [2.05, 4.69) is 10.2 Å². The lowest BCUT2D eigenvalue weighted by molar-refractivity contribution is -0.144. The van der Waals surface area contributed by atoms with Crippen LogP contribution in [0.3, 0.4) is 0 Å². The van der Waals surface area contributed by atoms with Gasteiger partial charge in [-0.25, -0.2) is 0 Å². The van der Waals surface area contributed by atoms with Crippen molar-refractivity contribution in [1.29, 1.82) is 0 Å². The van der Waals surface area contributed by atoms with Gasteiger partial charge in [-0.15, -0.1) is 10.2 Å². The van der Waals surface area contributed by atoms with Gasteiger partial charge in [-0.1, -0.05) is 6.92 Å². The molecule has 82 valence electrons. The van der Waals surface area contributed by atoms with Crippen molar-refractivity contribution >= 4 is 5.97 Å². The SMILES string of the molecule is CCC(C(=O)O)N1CCn2cnnc2C1. The quantitative estimate of drug-likeness (QED) is 0.757. The number of hydrogen-bond acceptors (Lipinski definition) is 4. The van der Waals surface area contributed by atoms with Crippen LogP contribution in [0.4, 0.5) is 0 Å². The summed E-state index contributed by atoms with van der Waals surface area (Å²) in [5.74, 6) is 0.0893. The highest BCUT2D eigenvalue weighted by atomic mass is 16.4. The molecule has 0 spiro atoms. The minimum atomic E-state index is -0.759. The van der Waals surface area contributed by atoms with Crippen LogP contribution in [0.1, 0.15) is 19.2 Å². The Labute approximate surface area is 87.5 Å². The number of aliphatic carboxylic acids is 1. The molecule has 2 rings (SSSR count). The van der Waals surface area contributed by atoms with Gasteiger partial charge in [-0.2, -0.15) is 0 Å². The van der Waals surface area contributed by atoms with Gasteiger partial charge in [0, 0.05) is 13.1 Å². The molecule has 1 aliphatic rings. The first-order valence-electron chi connectivity index (χ1n) is 5.06. The number of nitrogens with zero attached hydrogens (tertiary/aromatic N) is 4. The normalized spacial score (nSPS) is 18.5. The van der Waals surface area contributed by atoms with Crippen molar-refractivity contribution in [2.24, 2.45) is 0 Å². The summed E-state index contributed by atoms with van der Waals surface area (Å²) in [6.07, 6.45) is 2.30. The Morgan fingerprint density at radius 1 is 1.67 bits per heavy atom. The molecule has 1 atom stereocenters. The Morgan fingerprint density at radius 2 is 2.47 bits per heavy atom. The Morgan fingerprint density at radius 3 is 3.13 bits per heavy atom. The van der Waals surface area contributed by atoms with Crippen molar-refractivity contribution in [3.05, 3.63) is 12.2 Å². The summed E-state index contributed by atoms with van der Waals surface area (Å²) in [7, 11) is 0. The lowest BCUT2D eigenvalue weighted by Gasteiger charge is -2.31. The number of carbonyl (C=O) groups is 1. The van der Waals surface area contributed by atoms with Crippen molar-refractivity contribution in [1.82, 2.24) is 19.7 Å². The summed E-state index contributed by atoms with van der Waals surface area (Å²) in [5, 5.41) is 16.8. The minimum Gasteiger partial charge on any atom is -0.480 e. The Bertz CT molecular complexity index is 363. The average Bonchev–Trinajstić information content (AvgIpc) is 2.65. The first-order valence-corrected chi connectivity index (χ1v) is 5.06. The third-order valence-corrected chi connectivity index (χ3v) is 2.78. The van der Waals surface area contributed by atoms with E-state index in [1.807, 2.05) is 16.4 Å². The maximum atomic E-state index is 11.0. The van der Waals surface area contributed by atoms with Gasteiger partial charge in [0.05, 0.1) is 6.54 Å². The predicted molar refractivity (Wildman–Crippen MR) is 52.1 cm³/mol. The van der Waals surface area contributed by atoms with Crippen LogP contribution in [0, 0.1) is 0 Å². The van der Waals surface area contributed by atoms with Crippen LogP contribution < -0.4 is 0 Å². The van der Waals surface area contributed by atoms with E-state index in [4.69, 9.17) is 5.11 Å². The second-order valence-corrected chi connectivity index (χ2v) is 3.67. The van der Waals surface area contributed by atoms with E-state index < -0.39 is 12.0 Å². The van der Waals surface area contributed by atoms with Gasteiger partial charge in [0.25, 0.3) is 0 Å². The molecular formula is C9H14N4O2. The van der Waals surface area contributed by atoms with Crippen molar-refractivity contribution in [2.75, 3.05) is 6.54 Å². The van der Waals surface area contributed by atoms with E-state index in [1.165, 1.54) is 0 Å². The first-order chi connectivity index (χ1) is 7.22. The Kier molecular flexibility index (Phi) is 2.68. The number of hydrogen-bond donors (Lipinski definition) is 1. The molecule has 1 unspecified atom stereocenters. The van der Waals surface area contributed by atoms with Gasteiger partial charge in [0.15, 0.2) is 0 Å². The average molecular weight is 210 g/mol. The lowest BCUT2D eigenvalue weighted by atomic mass is 10.1. The van der Waals surface area contributed by atoms with E-state index in [9.17, 15) is 4.79 Å². The summed E-state index contributed by atoms with van der Waals surface area (Å²) in [6, 6.07) is -0.407. The molecule has 1 aromatic heterocycles. The van der Waals surface area contributed by atoms with Crippen LogP contribution in [-0.2, 0) is 17.9 Å². The van der Waals surface area contributed by atoms with E-state index in [0.29, 0.717) is 13.0 Å². The molecule has 6 heteroatoms. The van der Waals surface area contributed by atoms with Crippen molar-refractivity contribution in [2.45, 2.75) is 32.5 Å². The number of fused-ring (bicyclic) bond motifs is 1. The molecule has 0 bridgehead atoms. The zero-order valence-corrected chi connectivity index (χ0v) is 8.63. The van der Waals surface area contributed by atoms with E-state index in [-0.39, 0.29) is 0 Å². The van der Waals surface area contributed by atoms with Crippen LogP contribution in [0.2, 0.25) is 0 Å². The summed E-state index contributed by atoms with van der Waals surface area (Å²) in [4.78, 5) is 12.9. The van der Waals surface area contributed by atoms with Gasteiger partial charge >= 0.3 is 5.97 Å². The van der Waals surface area contributed by atoms with Crippen LogP contribution in [0.5, 0.6) is 0 Å². The maximum Gasteiger partial charge on any atom is 0.320 e. The molecule has 0 amide bonds. The fourth-order valence-electron chi connectivity index (χ4n) is 1.94. The molecule has 0 saturated heterocycles. The molecule has 0 aliphatic carbocycles. The number of carboxylic acids is 1. The third kappa shape index (κ3) is 1.85. The van der Waals surface area contributed by atoms with Gasteiger partial charge in [0.2, 0.25) is 0 Å². The zero-order valence-electron chi connectivity index (χ0n) is 8.63. The van der Waals surface area contributed by atoms with Crippen LogP contribution in [0.15, 0.2) is 6.33 Å². The molecule has 6 nitrogen and oxygen atoms in total. The lowest BCUT2D eigenvalue weighted by Crippen LogP contribution is -2.45. The monoisotopic (exact) mass is 210 g/mol. The molecule has 0 fully saturated rings. The van der Waals surface area contributed by atoms with Crippen molar-refractivity contribution < 1.29 is 9.90 Å². The highest BCUT2D eigenvalue weighted by molar-refractivity contribution is 5.73. The smallest absolute Gasteiger partial charge is 0.320 e. The van der Waals surface area contributed by atoms with E-state index in [0.717, 1.165) is 18.9 Å². The predicted octanol–water partition coefficient (Wildman–Crippen LogP) is -0.0431. The molecule has 15 heavy (non-hydrogen) atoms. The zero-order chi connectivity index (χ0) is 10.8. The number of carboxylic acid groups (broad SMARTS) is 1. The van der Waals surface area contributed by atoms with Gasteiger partial charge in [-0.3, -0.25) is 9.69 Å². The highest BCUT2D eigenvalue weighted by Crippen LogP contribution is 2.14. The second-order valence-electron chi connectivity index (χ2n) is 3.67. The van der Waals surface area contributed by atoms with Gasteiger partial charge in [0.1, 0.15) is 18.2 Å². The second kappa shape index (κ2) is 3.98. The standard InChI is InChI=1S/C9H14N4O2/c1-2-7(9(14)15)12-3-4-13-6-10-11-8(13)5-12/h6-7H,2-5H2,1H3,(H,14,15). The molecule has 0 saturated carbocycles. The van der Waals surface area contributed by atoms with Crippen LogP contribution in [0.25, 0.3) is 0 Å². The van der Waals surface area contributed by atoms with Crippen LogP contribution >= 0.6 is 0 Å². The van der Waals surface area contributed by atoms with Crippen molar-refractivity contribution in [3.63, 3.8) is 0 Å². The minimum absolute atomic E-state index is 0.407. The van der Waals surface area contributed by atoms with Crippen molar-refractivity contribution in [3.8, 4) is 0 Å². The largest absolute Gasteiger partial charge is 0.480 e. The molecule has 2 heterocycles. The van der Waals surface area contributed by atoms with Gasteiger partial charge in [-0.05, 0) is 6.42 Å². The Balaban J connectivity index is 2.11. The maximum absolute atomic E-state index is 11.0. The first kappa shape index (κ1) is 10.1. The number of rotatable bonds is 3. The Hall–Kier alpha value is -1.43.